The summed E-state index contributed by atoms with van der Waals surface area (Å²) in [5.74, 6) is -2.65. The van der Waals surface area contributed by atoms with Crippen molar-refractivity contribution >= 4 is 29.4 Å². The van der Waals surface area contributed by atoms with E-state index in [9.17, 15) is 23.9 Å². The van der Waals surface area contributed by atoms with Gasteiger partial charge in [0.05, 0.1) is 6.04 Å². The summed E-state index contributed by atoms with van der Waals surface area (Å²) < 4.78 is 19.5. The molecule has 7 nitrogen and oxygen atoms in total. The zero-order valence-corrected chi connectivity index (χ0v) is 20.0. The summed E-state index contributed by atoms with van der Waals surface area (Å²) in [4.78, 5) is 41.0. The second kappa shape index (κ2) is 11.3. The molecule has 0 unspecified atom stereocenters. The number of aliphatic carboxylic acids is 1. The Morgan fingerprint density at radius 1 is 1.03 bits per heavy atom. The summed E-state index contributed by atoms with van der Waals surface area (Å²) in [6.07, 6.45) is -1.17. The van der Waals surface area contributed by atoms with Crippen molar-refractivity contribution in [1.82, 2.24) is 9.80 Å². The van der Waals surface area contributed by atoms with Gasteiger partial charge in [0, 0.05) is 18.1 Å². The zero-order valence-electron chi connectivity index (χ0n) is 19.2. The first kappa shape index (κ1) is 25.3. The van der Waals surface area contributed by atoms with Gasteiger partial charge in [0.1, 0.15) is 19.0 Å². The maximum atomic E-state index is 13.8. The van der Waals surface area contributed by atoms with Crippen LogP contribution in [0.1, 0.15) is 22.7 Å². The van der Waals surface area contributed by atoms with Crippen molar-refractivity contribution in [2.45, 2.75) is 25.2 Å². The van der Waals surface area contributed by atoms with Gasteiger partial charge in [0.2, 0.25) is 5.91 Å². The lowest BCUT2D eigenvalue weighted by Gasteiger charge is -2.42. The van der Waals surface area contributed by atoms with Gasteiger partial charge >= 0.3 is 5.97 Å². The van der Waals surface area contributed by atoms with Crippen LogP contribution in [-0.4, -0.2) is 51.9 Å². The fourth-order valence-electron chi connectivity index (χ4n) is 4.29. The van der Waals surface area contributed by atoms with E-state index >= 15 is 0 Å². The number of hydrogen-bond donors (Lipinski definition) is 1. The van der Waals surface area contributed by atoms with E-state index in [1.165, 1.54) is 18.2 Å². The molecule has 0 bridgehead atoms. The number of carboxylic acids is 1. The van der Waals surface area contributed by atoms with E-state index in [2.05, 4.69) is 0 Å². The van der Waals surface area contributed by atoms with Gasteiger partial charge in [-0.25, -0.2) is 4.39 Å². The van der Waals surface area contributed by atoms with E-state index < -0.39 is 36.4 Å². The normalized spacial score (nSPS) is 17.6. The van der Waals surface area contributed by atoms with Gasteiger partial charge in [-0.1, -0.05) is 66.2 Å². The fraction of sp³-hybridized carbons (Fsp3) is 0.222. The van der Waals surface area contributed by atoms with Gasteiger partial charge in [0.25, 0.3) is 5.91 Å². The number of carbonyl (C=O) groups excluding carboxylic acids is 2. The lowest BCUT2D eigenvalue weighted by atomic mass is 9.95. The molecule has 0 spiro atoms. The lowest BCUT2D eigenvalue weighted by molar-refractivity contribution is -0.172. The molecule has 1 aliphatic rings. The molecular weight excluding hydrogens is 487 g/mol. The largest absolute Gasteiger partial charge is 0.480 e. The predicted octanol–water partition coefficient (Wildman–Crippen LogP) is 4.06. The van der Waals surface area contributed by atoms with Gasteiger partial charge < -0.3 is 19.6 Å². The van der Waals surface area contributed by atoms with Crippen molar-refractivity contribution in [2.24, 2.45) is 0 Å². The number of ether oxygens (including phenoxy) is 1. The highest BCUT2D eigenvalue weighted by Crippen LogP contribution is 2.33. The first-order valence-corrected chi connectivity index (χ1v) is 11.6. The highest BCUT2D eigenvalue weighted by molar-refractivity contribution is 6.30. The molecular formula is C27H24ClFN2O5. The van der Waals surface area contributed by atoms with Crippen LogP contribution >= 0.6 is 11.6 Å². The Morgan fingerprint density at radius 3 is 2.44 bits per heavy atom. The number of amides is 2. The number of morpholine rings is 1. The molecule has 2 atom stereocenters. The Kier molecular flexibility index (Phi) is 7.97. The highest BCUT2D eigenvalue weighted by Gasteiger charge is 2.43. The van der Waals surface area contributed by atoms with Crippen LogP contribution in [0.25, 0.3) is 0 Å². The minimum atomic E-state index is -1.22. The third-order valence-corrected chi connectivity index (χ3v) is 6.09. The molecule has 1 fully saturated rings. The van der Waals surface area contributed by atoms with Crippen molar-refractivity contribution in [3.05, 3.63) is 106 Å². The maximum absolute atomic E-state index is 13.8. The van der Waals surface area contributed by atoms with Crippen LogP contribution in [0.3, 0.4) is 0 Å². The Balaban J connectivity index is 1.69. The van der Waals surface area contributed by atoms with Gasteiger partial charge in [-0.05, 0) is 41.0 Å². The fourth-order valence-corrected chi connectivity index (χ4v) is 4.51. The van der Waals surface area contributed by atoms with E-state index in [1.54, 1.807) is 53.4 Å². The van der Waals surface area contributed by atoms with Crippen molar-refractivity contribution in [2.75, 3.05) is 13.2 Å². The molecule has 1 heterocycles. The molecule has 3 aromatic carbocycles. The van der Waals surface area contributed by atoms with Gasteiger partial charge in [-0.2, -0.15) is 0 Å². The van der Waals surface area contributed by atoms with Crippen molar-refractivity contribution in [3.8, 4) is 0 Å². The smallest absolute Gasteiger partial charge is 0.323 e. The molecule has 2 amide bonds. The molecule has 0 radical (unpaired) electrons. The van der Waals surface area contributed by atoms with Crippen molar-refractivity contribution < 1.29 is 28.6 Å². The van der Waals surface area contributed by atoms with E-state index in [1.807, 2.05) is 12.1 Å². The number of carbonyl (C=O) groups is 3. The minimum Gasteiger partial charge on any atom is -0.480 e. The molecule has 0 saturated carbocycles. The van der Waals surface area contributed by atoms with E-state index in [4.69, 9.17) is 16.3 Å². The SMILES string of the molecule is O=C(O)CN(Cc1cccc(F)c1)C(=O)[C@H]1OCC(=O)N(Cc2cccc(Cl)c2)[C@@H]1c1ccccc1. The quantitative estimate of drug-likeness (QED) is 0.494. The third-order valence-electron chi connectivity index (χ3n) is 5.86. The summed E-state index contributed by atoms with van der Waals surface area (Å²) in [7, 11) is 0. The van der Waals surface area contributed by atoms with Gasteiger partial charge in [-0.3, -0.25) is 14.4 Å². The highest BCUT2D eigenvalue weighted by atomic mass is 35.5. The monoisotopic (exact) mass is 510 g/mol. The molecule has 1 N–H and O–H groups in total. The number of nitrogens with zero attached hydrogens (tertiary/aromatic N) is 2. The van der Waals surface area contributed by atoms with Gasteiger partial charge in [-0.15, -0.1) is 0 Å². The topological polar surface area (TPSA) is 87.1 Å². The maximum Gasteiger partial charge on any atom is 0.323 e. The second-order valence-electron chi connectivity index (χ2n) is 8.46. The third kappa shape index (κ3) is 6.08. The molecule has 4 rings (SSSR count). The standard InChI is InChI=1S/C27H24ClFN2O5/c28-21-10-4-6-18(12-21)15-31-23(32)17-36-26(25(31)20-8-2-1-3-9-20)27(35)30(16-24(33)34)14-19-7-5-11-22(29)13-19/h1-13,25-26H,14-17H2,(H,33,34)/t25-,26+/m1/s1. The van der Waals surface area contributed by atoms with Crippen LogP contribution in [-0.2, 0) is 32.2 Å². The molecule has 0 aliphatic carbocycles. The summed E-state index contributed by atoms with van der Waals surface area (Å²) in [5.41, 5.74) is 1.86. The number of benzene rings is 3. The summed E-state index contributed by atoms with van der Waals surface area (Å²) >= 11 is 6.14. The van der Waals surface area contributed by atoms with Crippen LogP contribution in [0.2, 0.25) is 5.02 Å². The molecule has 0 aromatic heterocycles. The van der Waals surface area contributed by atoms with E-state index in [0.29, 0.717) is 16.1 Å². The Bertz CT molecular complexity index is 1260. The Hall–Kier alpha value is -3.75. The lowest BCUT2D eigenvalue weighted by Crippen LogP contribution is -2.55. The van der Waals surface area contributed by atoms with Crippen LogP contribution in [0.5, 0.6) is 0 Å². The molecule has 9 heteroatoms. The number of carboxylic acid groups (broad SMARTS) is 1. The Labute approximate surface area is 212 Å². The zero-order chi connectivity index (χ0) is 25.7. The molecule has 1 saturated heterocycles. The molecule has 1 aliphatic heterocycles. The van der Waals surface area contributed by atoms with Crippen LogP contribution in [0.4, 0.5) is 4.39 Å². The van der Waals surface area contributed by atoms with Crippen molar-refractivity contribution in [3.63, 3.8) is 0 Å². The van der Waals surface area contributed by atoms with Crippen molar-refractivity contribution in [1.29, 1.82) is 0 Å². The molecule has 186 valence electrons. The average Bonchev–Trinajstić information content (AvgIpc) is 2.85. The van der Waals surface area contributed by atoms with Crippen LogP contribution in [0, 0.1) is 5.82 Å². The Morgan fingerprint density at radius 2 is 1.75 bits per heavy atom. The van der Waals surface area contributed by atoms with E-state index in [0.717, 1.165) is 10.5 Å². The average molecular weight is 511 g/mol. The van der Waals surface area contributed by atoms with Crippen LogP contribution < -0.4 is 0 Å². The molecule has 3 aromatic rings. The van der Waals surface area contributed by atoms with E-state index in [-0.39, 0.29) is 25.6 Å². The summed E-state index contributed by atoms with van der Waals surface area (Å²) in [6.45, 7) is -0.915. The summed E-state index contributed by atoms with van der Waals surface area (Å²) in [6, 6.07) is 20.8. The number of hydrogen-bond acceptors (Lipinski definition) is 4. The summed E-state index contributed by atoms with van der Waals surface area (Å²) in [5, 5.41) is 9.99. The first-order valence-electron chi connectivity index (χ1n) is 11.3. The number of halogens is 2. The number of rotatable bonds is 8. The molecule has 36 heavy (non-hydrogen) atoms. The predicted molar refractivity (Wildman–Crippen MR) is 130 cm³/mol. The first-order chi connectivity index (χ1) is 17.3. The van der Waals surface area contributed by atoms with Gasteiger partial charge in [0.15, 0.2) is 6.10 Å². The van der Waals surface area contributed by atoms with Crippen LogP contribution in [0.15, 0.2) is 78.9 Å². The second-order valence-corrected chi connectivity index (χ2v) is 8.89. The minimum absolute atomic E-state index is 0.132.